The van der Waals surface area contributed by atoms with Gasteiger partial charge in [0.1, 0.15) is 11.6 Å². The first-order chi connectivity index (χ1) is 8.03. The van der Waals surface area contributed by atoms with Gasteiger partial charge in [0, 0.05) is 6.42 Å². The first kappa shape index (κ1) is 16.6. The van der Waals surface area contributed by atoms with Crippen LogP contribution in [0.3, 0.4) is 0 Å². The summed E-state index contributed by atoms with van der Waals surface area (Å²) in [6, 6.07) is -0.826. The first-order valence-electron chi connectivity index (χ1n) is 6.09. The first-order valence-corrected chi connectivity index (χ1v) is 6.09. The van der Waals surface area contributed by atoms with Crippen molar-refractivity contribution in [2.75, 3.05) is 0 Å². The molecule has 0 fully saturated rings. The van der Waals surface area contributed by atoms with E-state index in [1.165, 1.54) is 6.92 Å². The van der Waals surface area contributed by atoms with Crippen LogP contribution in [-0.2, 0) is 19.1 Å². The lowest BCUT2D eigenvalue weighted by Gasteiger charge is -2.22. The minimum Gasteiger partial charge on any atom is -0.458 e. The van der Waals surface area contributed by atoms with Crippen LogP contribution in [0.1, 0.15) is 48.0 Å². The highest BCUT2D eigenvalue weighted by atomic mass is 16.6. The van der Waals surface area contributed by atoms with Gasteiger partial charge >= 0.3 is 5.97 Å². The zero-order valence-corrected chi connectivity index (χ0v) is 12.0. The largest absolute Gasteiger partial charge is 0.458 e. The maximum atomic E-state index is 11.6. The number of hydrogen-bond donors (Lipinski definition) is 1. The molecule has 1 N–H and O–H groups in total. The molecule has 0 saturated heterocycles. The molecular weight excluding hydrogens is 234 g/mol. The molecule has 0 rings (SSSR count). The van der Waals surface area contributed by atoms with Crippen LogP contribution in [0, 0.1) is 5.92 Å². The molecule has 1 amide bonds. The maximum absolute atomic E-state index is 11.6. The summed E-state index contributed by atoms with van der Waals surface area (Å²) in [6.07, 6.45) is 0.173. The van der Waals surface area contributed by atoms with Gasteiger partial charge in [-0.15, -0.1) is 0 Å². The van der Waals surface area contributed by atoms with Gasteiger partial charge in [0.25, 0.3) is 5.91 Å². The highest BCUT2D eigenvalue weighted by Gasteiger charge is 2.25. The fraction of sp³-hybridized carbons (Fsp3) is 0.769. The van der Waals surface area contributed by atoms with Gasteiger partial charge in [0.05, 0.1) is 0 Å². The van der Waals surface area contributed by atoms with Gasteiger partial charge in [-0.2, -0.15) is 0 Å². The van der Waals surface area contributed by atoms with Crippen LogP contribution in [0.15, 0.2) is 0 Å². The van der Waals surface area contributed by atoms with Crippen molar-refractivity contribution in [3.63, 3.8) is 0 Å². The molecule has 0 saturated carbocycles. The zero-order valence-electron chi connectivity index (χ0n) is 12.0. The van der Waals surface area contributed by atoms with E-state index in [1.807, 2.05) is 13.8 Å². The topological polar surface area (TPSA) is 72.5 Å². The van der Waals surface area contributed by atoms with Crippen molar-refractivity contribution >= 4 is 17.7 Å². The Hall–Kier alpha value is -1.39. The van der Waals surface area contributed by atoms with Crippen LogP contribution >= 0.6 is 0 Å². The van der Waals surface area contributed by atoms with Gasteiger partial charge in [-0.1, -0.05) is 13.8 Å². The molecule has 5 heteroatoms. The molecule has 0 aliphatic heterocycles. The summed E-state index contributed by atoms with van der Waals surface area (Å²) in [5.41, 5.74) is -0.613. The van der Waals surface area contributed by atoms with E-state index in [1.54, 1.807) is 20.8 Å². The summed E-state index contributed by atoms with van der Waals surface area (Å²) in [5.74, 6) is -1.68. The summed E-state index contributed by atoms with van der Waals surface area (Å²) in [5, 5.41) is 2.34. The molecule has 104 valence electrons. The van der Waals surface area contributed by atoms with Crippen molar-refractivity contribution in [3.8, 4) is 0 Å². The molecule has 0 bridgehead atoms. The monoisotopic (exact) mass is 257 g/mol. The van der Waals surface area contributed by atoms with E-state index in [2.05, 4.69) is 5.32 Å². The van der Waals surface area contributed by atoms with Gasteiger partial charge in [-0.05, 0) is 33.6 Å². The molecule has 18 heavy (non-hydrogen) atoms. The molecular formula is C13H23NO4. The lowest BCUT2D eigenvalue weighted by atomic mass is 10.1. The second-order valence-electron chi connectivity index (χ2n) is 5.75. The predicted octanol–water partition coefficient (Wildman–Crippen LogP) is 1.45. The van der Waals surface area contributed by atoms with Crippen LogP contribution in [0.4, 0.5) is 0 Å². The second-order valence-corrected chi connectivity index (χ2v) is 5.75. The van der Waals surface area contributed by atoms with Crippen molar-refractivity contribution in [2.45, 2.75) is 59.6 Å². The van der Waals surface area contributed by atoms with Crippen LogP contribution in [0.25, 0.3) is 0 Å². The Bertz CT molecular complexity index is 328. The van der Waals surface area contributed by atoms with Crippen LogP contribution in [0.2, 0.25) is 0 Å². The average Bonchev–Trinajstić information content (AvgIpc) is 2.13. The highest BCUT2D eigenvalue weighted by Crippen LogP contribution is 2.08. The second kappa shape index (κ2) is 6.52. The lowest BCUT2D eigenvalue weighted by molar-refractivity contribution is -0.158. The maximum Gasteiger partial charge on any atom is 0.328 e. The number of carbonyl (C=O) groups excluding carboxylic acids is 3. The molecule has 0 aliphatic rings. The Balaban J connectivity index is 4.31. The summed E-state index contributed by atoms with van der Waals surface area (Å²) < 4.78 is 5.10. The van der Waals surface area contributed by atoms with E-state index in [0.29, 0.717) is 0 Å². The highest BCUT2D eigenvalue weighted by molar-refractivity contribution is 6.36. The molecule has 1 atom stereocenters. The summed E-state index contributed by atoms with van der Waals surface area (Å²) in [6.45, 7) is 10.4. The Morgan fingerprint density at radius 3 is 2.00 bits per heavy atom. The Morgan fingerprint density at radius 2 is 1.61 bits per heavy atom. The number of esters is 1. The third-order valence-corrected chi connectivity index (χ3v) is 1.95. The van der Waals surface area contributed by atoms with Gasteiger partial charge in [0.15, 0.2) is 0 Å². The number of ketones is 1. The smallest absolute Gasteiger partial charge is 0.328 e. The van der Waals surface area contributed by atoms with Crippen molar-refractivity contribution in [1.82, 2.24) is 5.32 Å². The number of nitrogens with one attached hydrogen (secondary N) is 1. The van der Waals surface area contributed by atoms with Crippen molar-refractivity contribution in [1.29, 1.82) is 0 Å². The molecule has 1 unspecified atom stereocenters. The van der Waals surface area contributed by atoms with E-state index in [-0.39, 0.29) is 12.3 Å². The molecule has 0 aliphatic carbocycles. The minimum absolute atomic E-state index is 0.111. The molecule has 0 spiro atoms. The van der Waals surface area contributed by atoms with E-state index < -0.39 is 29.3 Å². The Labute approximate surface area is 108 Å². The number of hydrogen-bond acceptors (Lipinski definition) is 4. The minimum atomic E-state index is -0.826. The normalized spacial score (nSPS) is 13.1. The molecule has 0 radical (unpaired) electrons. The average molecular weight is 257 g/mol. The molecule has 0 aromatic heterocycles. The van der Waals surface area contributed by atoms with Crippen molar-refractivity contribution in [2.24, 2.45) is 5.92 Å². The number of amides is 1. The quantitative estimate of drug-likeness (QED) is 0.597. The molecule has 0 aromatic carbocycles. The van der Waals surface area contributed by atoms with Gasteiger partial charge in [0.2, 0.25) is 5.78 Å². The van der Waals surface area contributed by atoms with E-state index in [4.69, 9.17) is 4.74 Å². The Morgan fingerprint density at radius 1 is 1.11 bits per heavy atom. The number of carbonyl (C=O) groups is 3. The number of ether oxygens (including phenoxy) is 1. The Kier molecular flexibility index (Phi) is 6.01. The van der Waals surface area contributed by atoms with Gasteiger partial charge < -0.3 is 10.1 Å². The van der Waals surface area contributed by atoms with Crippen LogP contribution in [0.5, 0.6) is 0 Å². The SMILES string of the molecule is CC(C)CC(=O)C(=O)NC(C)C(=O)OC(C)(C)C. The van der Waals surface area contributed by atoms with E-state index >= 15 is 0 Å². The van der Waals surface area contributed by atoms with Gasteiger partial charge in [-0.3, -0.25) is 9.59 Å². The number of Topliss-reactive ketones (excluding diaryl/α,β-unsaturated/α-hetero) is 1. The molecule has 0 heterocycles. The summed E-state index contributed by atoms with van der Waals surface area (Å²) in [7, 11) is 0. The van der Waals surface area contributed by atoms with Crippen LogP contribution < -0.4 is 5.32 Å². The van der Waals surface area contributed by atoms with Gasteiger partial charge in [-0.25, -0.2) is 4.79 Å². The summed E-state index contributed by atoms with van der Waals surface area (Å²) in [4.78, 5) is 34.5. The van der Waals surface area contributed by atoms with Crippen molar-refractivity contribution < 1.29 is 19.1 Å². The van der Waals surface area contributed by atoms with Crippen LogP contribution in [-0.4, -0.2) is 29.3 Å². The fourth-order valence-corrected chi connectivity index (χ4v) is 1.19. The molecule has 0 aromatic rings. The lowest BCUT2D eigenvalue weighted by Crippen LogP contribution is -2.44. The zero-order chi connectivity index (χ0) is 14.5. The van der Waals surface area contributed by atoms with E-state index in [9.17, 15) is 14.4 Å². The number of rotatable bonds is 5. The fourth-order valence-electron chi connectivity index (χ4n) is 1.19. The molecule has 5 nitrogen and oxygen atoms in total. The third-order valence-electron chi connectivity index (χ3n) is 1.95. The predicted molar refractivity (Wildman–Crippen MR) is 67.9 cm³/mol. The summed E-state index contributed by atoms with van der Waals surface area (Å²) >= 11 is 0. The standard InChI is InChI=1S/C13H23NO4/c1-8(2)7-10(15)11(16)14-9(3)12(17)18-13(4,5)6/h8-9H,7H2,1-6H3,(H,14,16). The van der Waals surface area contributed by atoms with Crippen molar-refractivity contribution in [3.05, 3.63) is 0 Å². The van der Waals surface area contributed by atoms with E-state index in [0.717, 1.165) is 0 Å². The third kappa shape index (κ3) is 7.04.